The molecule has 0 spiro atoms. The highest BCUT2D eigenvalue weighted by molar-refractivity contribution is 8.01. The Morgan fingerprint density at radius 3 is 2.42 bits per heavy atom. The van der Waals surface area contributed by atoms with Crippen LogP contribution in [0.25, 0.3) is 0 Å². The lowest BCUT2D eigenvalue weighted by Gasteiger charge is -2.24. The number of hydrogen-bond acceptors (Lipinski definition) is 4. The van der Waals surface area contributed by atoms with E-state index in [4.69, 9.17) is 0 Å². The molecule has 1 aliphatic carbocycles. The molecule has 6 nitrogen and oxygen atoms in total. The quantitative estimate of drug-likeness (QED) is 0.439. The van der Waals surface area contributed by atoms with Crippen molar-refractivity contribution >= 4 is 27.7 Å². The molecule has 1 aliphatic rings. The van der Waals surface area contributed by atoms with E-state index in [1.54, 1.807) is 0 Å². The Hall–Kier alpha value is -1.25. The van der Waals surface area contributed by atoms with Gasteiger partial charge in [0.05, 0.1) is 12.8 Å². The molecule has 0 aromatic heterocycles. The maximum Gasteiger partial charge on any atom is 0.209 e. The first-order chi connectivity index (χ1) is 12.1. The minimum atomic E-state index is -3.27. The topological polar surface area (TPSA) is 82.6 Å². The molecule has 0 aliphatic heterocycles. The van der Waals surface area contributed by atoms with E-state index in [0.717, 1.165) is 19.0 Å². The van der Waals surface area contributed by atoms with Crippen molar-refractivity contribution in [1.29, 1.82) is 0 Å². The summed E-state index contributed by atoms with van der Waals surface area (Å²) in [7, 11) is -3.27. The van der Waals surface area contributed by atoms with E-state index in [9.17, 15) is 8.42 Å². The molecule has 1 saturated carbocycles. The van der Waals surface area contributed by atoms with Crippen molar-refractivity contribution in [2.24, 2.45) is 4.99 Å². The fraction of sp³-hybridized carbons (Fsp3) is 0.611. The van der Waals surface area contributed by atoms with Gasteiger partial charge in [-0.3, -0.25) is 4.99 Å². The summed E-state index contributed by atoms with van der Waals surface area (Å²) < 4.78 is 25.8. The van der Waals surface area contributed by atoms with Crippen molar-refractivity contribution in [3.05, 3.63) is 30.3 Å². The number of aliphatic imine (C=N–C) groups is 1. The Morgan fingerprint density at radius 2 is 1.88 bits per heavy atom. The SMILES string of the molecule is CCNC(=NCC(C)(C)NS(C)(=O)=O)NCC1(Sc2ccccc2)CC1. The molecule has 0 heterocycles. The van der Waals surface area contributed by atoms with Crippen molar-refractivity contribution in [3.8, 4) is 0 Å². The van der Waals surface area contributed by atoms with Crippen molar-refractivity contribution in [2.75, 3.05) is 25.9 Å². The smallest absolute Gasteiger partial charge is 0.209 e. The van der Waals surface area contributed by atoms with Crippen molar-refractivity contribution in [3.63, 3.8) is 0 Å². The second-order valence-corrected chi connectivity index (χ2v) is 10.7. The van der Waals surface area contributed by atoms with Crippen LogP contribution in [0.2, 0.25) is 0 Å². The molecule has 26 heavy (non-hydrogen) atoms. The van der Waals surface area contributed by atoms with Gasteiger partial charge in [0, 0.05) is 28.3 Å². The number of nitrogens with one attached hydrogen (secondary N) is 3. The lowest BCUT2D eigenvalue weighted by atomic mass is 10.1. The zero-order chi connectivity index (χ0) is 19.3. The van der Waals surface area contributed by atoms with Gasteiger partial charge < -0.3 is 10.6 Å². The van der Waals surface area contributed by atoms with Gasteiger partial charge in [-0.25, -0.2) is 13.1 Å². The molecular weight excluding hydrogens is 368 g/mol. The summed E-state index contributed by atoms with van der Waals surface area (Å²) in [5, 5.41) is 6.65. The first kappa shape index (κ1) is 21.1. The standard InChI is InChI=1S/C18H30N4O2S2/c1-5-19-16(20-13-17(2,3)22-26(4,23)24)21-14-18(11-12-18)25-15-9-7-6-8-10-15/h6-10,22H,5,11-14H2,1-4H3,(H2,19,20,21). The molecule has 0 amide bonds. The minimum Gasteiger partial charge on any atom is -0.357 e. The number of guanidine groups is 1. The number of nitrogens with zero attached hydrogens (tertiary/aromatic N) is 1. The summed E-state index contributed by atoms with van der Waals surface area (Å²) in [5.74, 6) is 0.718. The highest BCUT2D eigenvalue weighted by Gasteiger charge is 2.43. The molecule has 0 unspecified atom stereocenters. The summed E-state index contributed by atoms with van der Waals surface area (Å²) in [4.78, 5) is 5.85. The second-order valence-electron chi connectivity index (χ2n) is 7.40. The first-order valence-corrected chi connectivity index (χ1v) is 11.6. The van der Waals surface area contributed by atoms with Crippen molar-refractivity contribution in [1.82, 2.24) is 15.4 Å². The van der Waals surface area contributed by atoms with E-state index >= 15 is 0 Å². The molecule has 1 aromatic carbocycles. The molecule has 0 bridgehead atoms. The van der Waals surface area contributed by atoms with Gasteiger partial charge in [0.15, 0.2) is 5.96 Å². The van der Waals surface area contributed by atoms with Crippen LogP contribution >= 0.6 is 11.8 Å². The first-order valence-electron chi connectivity index (χ1n) is 8.88. The number of hydrogen-bond donors (Lipinski definition) is 3. The van der Waals surface area contributed by atoms with Gasteiger partial charge in [0.2, 0.25) is 10.0 Å². The third-order valence-electron chi connectivity index (χ3n) is 3.90. The lowest BCUT2D eigenvalue weighted by Crippen LogP contribution is -2.47. The molecular formula is C18H30N4O2S2. The zero-order valence-corrected chi connectivity index (χ0v) is 17.6. The molecule has 1 aromatic rings. The summed E-state index contributed by atoms with van der Waals surface area (Å²) in [6.07, 6.45) is 3.53. The minimum absolute atomic E-state index is 0.220. The van der Waals surface area contributed by atoms with Crippen LogP contribution in [-0.4, -0.2) is 50.6 Å². The summed E-state index contributed by atoms with van der Waals surface area (Å²) >= 11 is 1.91. The molecule has 1 fully saturated rings. The average Bonchev–Trinajstić information content (AvgIpc) is 3.29. The van der Waals surface area contributed by atoms with Gasteiger partial charge in [-0.05, 0) is 45.7 Å². The molecule has 0 radical (unpaired) electrons. The third-order valence-corrected chi connectivity index (χ3v) is 6.32. The van der Waals surface area contributed by atoms with Crippen molar-refractivity contribution in [2.45, 2.75) is 48.8 Å². The van der Waals surface area contributed by atoms with Gasteiger partial charge in [0.25, 0.3) is 0 Å². The summed E-state index contributed by atoms with van der Waals surface area (Å²) in [6.45, 7) is 7.61. The normalized spacial score (nSPS) is 17.0. The molecule has 3 N–H and O–H groups in total. The summed E-state index contributed by atoms with van der Waals surface area (Å²) in [6, 6.07) is 10.4. The molecule has 0 atom stereocenters. The van der Waals surface area contributed by atoms with Crippen LogP contribution in [0, 0.1) is 0 Å². The number of thioether (sulfide) groups is 1. The Kier molecular flexibility index (Phi) is 6.99. The Bertz CT molecular complexity index is 714. The van der Waals surface area contributed by atoms with Crippen LogP contribution in [-0.2, 0) is 10.0 Å². The Balaban J connectivity index is 1.93. The largest absolute Gasteiger partial charge is 0.357 e. The number of benzene rings is 1. The maximum atomic E-state index is 11.5. The lowest BCUT2D eigenvalue weighted by molar-refractivity contribution is 0.464. The fourth-order valence-electron chi connectivity index (χ4n) is 2.59. The average molecular weight is 399 g/mol. The zero-order valence-electron chi connectivity index (χ0n) is 16.0. The summed E-state index contributed by atoms with van der Waals surface area (Å²) in [5.41, 5.74) is -0.633. The van der Waals surface area contributed by atoms with Crippen molar-refractivity contribution < 1.29 is 8.42 Å². The number of rotatable bonds is 9. The van der Waals surface area contributed by atoms with E-state index in [-0.39, 0.29) is 4.75 Å². The Labute approximate surface area is 161 Å². The molecule has 2 rings (SSSR count). The van der Waals surface area contributed by atoms with Crippen LogP contribution in [0.4, 0.5) is 0 Å². The maximum absolute atomic E-state index is 11.5. The van der Waals surface area contributed by atoms with Crippen LogP contribution < -0.4 is 15.4 Å². The predicted molar refractivity (Wildman–Crippen MR) is 110 cm³/mol. The van der Waals surface area contributed by atoms with Crippen LogP contribution in [0.5, 0.6) is 0 Å². The van der Waals surface area contributed by atoms with Crippen LogP contribution in [0.3, 0.4) is 0 Å². The van der Waals surface area contributed by atoms with Gasteiger partial charge >= 0.3 is 0 Å². The fourth-order valence-corrected chi connectivity index (χ4v) is 4.90. The van der Waals surface area contributed by atoms with Gasteiger partial charge in [-0.2, -0.15) is 0 Å². The number of sulfonamides is 1. The van der Waals surface area contributed by atoms with E-state index in [0.29, 0.717) is 6.54 Å². The van der Waals surface area contributed by atoms with Gasteiger partial charge in [0.1, 0.15) is 0 Å². The van der Waals surface area contributed by atoms with E-state index in [1.807, 2.05) is 38.6 Å². The molecule has 146 valence electrons. The van der Waals surface area contributed by atoms with Crippen LogP contribution in [0.1, 0.15) is 33.6 Å². The third kappa shape index (κ3) is 7.55. The molecule has 8 heteroatoms. The van der Waals surface area contributed by atoms with E-state index < -0.39 is 15.6 Å². The highest BCUT2D eigenvalue weighted by atomic mass is 32.2. The van der Waals surface area contributed by atoms with Crippen LogP contribution in [0.15, 0.2) is 40.2 Å². The van der Waals surface area contributed by atoms with E-state index in [1.165, 1.54) is 24.0 Å². The monoisotopic (exact) mass is 398 g/mol. The van der Waals surface area contributed by atoms with E-state index in [2.05, 4.69) is 44.6 Å². The predicted octanol–water partition coefficient (Wildman–Crippen LogP) is 2.19. The van der Waals surface area contributed by atoms with Gasteiger partial charge in [-0.15, -0.1) is 11.8 Å². The van der Waals surface area contributed by atoms with Gasteiger partial charge in [-0.1, -0.05) is 18.2 Å². The second kappa shape index (κ2) is 8.63. The Morgan fingerprint density at radius 1 is 1.23 bits per heavy atom. The molecule has 0 saturated heterocycles. The highest BCUT2D eigenvalue weighted by Crippen LogP contribution is 2.51.